The third kappa shape index (κ3) is 9.12. The Balaban J connectivity index is 1.37. The molecule has 2 aliphatic rings. The molecule has 0 saturated heterocycles. The molecule has 0 unspecified atom stereocenters. The lowest BCUT2D eigenvalue weighted by atomic mass is 10.0. The second-order valence-electron chi connectivity index (χ2n) is 8.10. The molecule has 1 aliphatic carbocycles. The number of nitrogens with zero attached hydrogens (tertiary/aromatic N) is 1. The molecule has 158 valence electrons. The van der Waals surface area contributed by atoms with Gasteiger partial charge < -0.3 is 9.47 Å². The van der Waals surface area contributed by atoms with Gasteiger partial charge in [0.1, 0.15) is 5.76 Å². The lowest BCUT2D eigenvalue weighted by molar-refractivity contribution is 0.204. The van der Waals surface area contributed by atoms with Crippen molar-refractivity contribution in [1.82, 2.24) is 0 Å². The highest BCUT2D eigenvalue weighted by molar-refractivity contribution is 6.13. The van der Waals surface area contributed by atoms with Crippen LogP contribution in [-0.4, -0.2) is 19.4 Å². The van der Waals surface area contributed by atoms with Gasteiger partial charge in [-0.15, -0.1) is 0 Å². The fraction of sp³-hybridized carbons (Fsp3) is 0.720. The summed E-state index contributed by atoms with van der Waals surface area (Å²) in [5.41, 5.74) is 2.14. The molecule has 0 aromatic carbocycles. The molecule has 3 heteroatoms. The summed E-state index contributed by atoms with van der Waals surface area (Å²) in [6.45, 7) is 3.06. The zero-order valence-corrected chi connectivity index (χ0v) is 18.3. The second-order valence-corrected chi connectivity index (χ2v) is 8.10. The second kappa shape index (κ2) is 14.5. The number of aliphatic imine (C=N–C) groups is 1. The Morgan fingerprint density at radius 2 is 1.36 bits per heavy atom. The normalized spacial score (nSPS) is 15.5. The van der Waals surface area contributed by atoms with Gasteiger partial charge >= 0.3 is 0 Å². The fourth-order valence-electron chi connectivity index (χ4n) is 3.81. The van der Waals surface area contributed by atoms with Crippen LogP contribution in [-0.2, 0) is 9.47 Å². The smallest absolute Gasteiger partial charge is 0.214 e. The van der Waals surface area contributed by atoms with Crippen LogP contribution < -0.4 is 0 Å². The van der Waals surface area contributed by atoms with Crippen LogP contribution in [0, 0.1) is 0 Å². The van der Waals surface area contributed by atoms with Gasteiger partial charge in [0.15, 0.2) is 0 Å². The van der Waals surface area contributed by atoms with Crippen molar-refractivity contribution >= 4 is 5.71 Å². The third-order valence-corrected chi connectivity index (χ3v) is 5.64. The topological polar surface area (TPSA) is 30.8 Å². The van der Waals surface area contributed by atoms with Gasteiger partial charge in [-0.25, -0.2) is 4.99 Å². The molecule has 0 aromatic rings. The molecule has 0 atom stereocenters. The Morgan fingerprint density at radius 3 is 1.93 bits per heavy atom. The van der Waals surface area contributed by atoms with Gasteiger partial charge in [-0.05, 0) is 6.42 Å². The minimum absolute atomic E-state index is 0.754. The maximum atomic E-state index is 5.83. The molecule has 0 radical (unpaired) electrons. The Hall–Kier alpha value is -1.51. The van der Waals surface area contributed by atoms with E-state index in [-0.39, 0.29) is 0 Å². The largest absolute Gasteiger partial charge is 0.501 e. The number of hydrogen-bond donors (Lipinski definition) is 0. The summed E-state index contributed by atoms with van der Waals surface area (Å²) in [5, 5.41) is 0. The van der Waals surface area contributed by atoms with E-state index in [0.29, 0.717) is 0 Å². The SMILES string of the molecule is CCCCCCCCCCCCCCCCOC1=CC2=CCC(OC)=CC2=N1. The molecule has 1 aliphatic heterocycles. The number of fused-ring (bicyclic) bond motifs is 1. The van der Waals surface area contributed by atoms with Crippen molar-refractivity contribution in [1.29, 1.82) is 0 Å². The summed E-state index contributed by atoms with van der Waals surface area (Å²) in [7, 11) is 1.71. The highest BCUT2D eigenvalue weighted by atomic mass is 16.5. The van der Waals surface area contributed by atoms with E-state index in [1.54, 1.807) is 7.11 Å². The van der Waals surface area contributed by atoms with E-state index in [2.05, 4.69) is 18.0 Å². The Bertz CT molecular complexity index is 557. The van der Waals surface area contributed by atoms with Crippen molar-refractivity contribution < 1.29 is 9.47 Å². The quantitative estimate of drug-likeness (QED) is 0.240. The van der Waals surface area contributed by atoms with Crippen LogP contribution in [0.1, 0.15) is 103 Å². The maximum Gasteiger partial charge on any atom is 0.214 e. The third-order valence-electron chi connectivity index (χ3n) is 5.64. The first-order valence-electron chi connectivity index (χ1n) is 11.7. The summed E-state index contributed by atoms with van der Waals surface area (Å²) in [6.07, 6.45) is 26.4. The standard InChI is InChI=1S/C25H41NO2/c1-3-4-5-6-7-8-9-10-11-12-13-14-15-16-19-28-25-20-22-17-18-23(27-2)21-24(22)26-25/h17,20-21H,3-16,18-19H2,1-2H3. The first-order chi connectivity index (χ1) is 13.8. The lowest BCUT2D eigenvalue weighted by Crippen LogP contribution is -2.02. The van der Waals surface area contributed by atoms with Crippen LogP contribution in [0.15, 0.2) is 40.4 Å². The van der Waals surface area contributed by atoms with Crippen molar-refractivity contribution in [2.45, 2.75) is 103 Å². The molecule has 28 heavy (non-hydrogen) atoms. The van der Waals surface area contributed by atoms with Crippen molar-refractivity contribution in [3.05, 3.63) is 35.4 Å². The monoisotopic (exact) mass is 387 g/mol. The number of methoxy groups -OCH3 is 1. The van der Waals surface area contributed by atoms with Crippen LogP contribution in [0.5, 0.6) is 0 Å². The van der Waals surface area contributed by atoms with E-state index < -0.39 is 0 Å². The molecule has 2 rings (SSSR count). The molecule has 0 amide bonds. The molecule has 1 heterocycles. The van der Waals surface area contributed by atoms with Crippen molar-refractivity contribution in [2.75, 3.05) is 13.7 Å². The van der Waals surface area contributed by atoms with E-state index >= 15 is 0 Å². The average Bonchev–Trinajstić information content (AvgIpc) is 3.12. The average molecular weight is 388 g/mol. The zero-order valence-electron chi connectivity index (χ0n) is 18.3. The summed E-state index contributed by atoms with van der Waals surface area (Å²) in [6, 6.07) is 0. The van der Waals surface area contributed by atoms with Crippen molar-refractivity contribution in [3.8, 4) is 0 Å². The molecular weight excluding hydrogens is 346 g/mol. The number of allylic oxidation sites excluding steroid dienone is 4. The number of unbranched alkanes of at least 4 members (excludes halogenated alkanes) is 13. The van der Waals surface area contributed by atoms with Crippen LogP contribution in [0.4, 0.5) is 0 Å². The first-order valence-corrected chi connectivity index (χ1v) is 11.7. The van der Waals surface area contributed by atoms with Crippen LogP contribution in [0.2, 0.25) is 0 Å². The van der Waals surface area contributed by atoms with Gasteiger partial charge in [-0.2, -0.15) is 0 Å². The minimum atomic E-state index is 0.754. The summed E-state index contributed by atoms with van der Waals surface area (Å²) < 4.78 is 11.1. The summed E-state index contributed by atoms with van der Waals surface area (Å²) in [5.74, 6) is 1.72. The molecule has 0 spiro atoms. The predicted octanol–water partition coefficient (Wildman–Crippen LogP) is 7.64. The molecule has 0 N–H and O–H groups in total. The highest BCUT2D eigenvalue weighted by Gasteiger charge is 2.18. The fourth-order valence-corrected chi connectivity index (χ4v) is 3.81. The van der Waals surface area contributed by atoms with Crippen molar-refractivity contribution in [2.24, 2.45) is 4.99 Å². The Morgan fingerprint density at radius 1 is 0.786 bits per heavy atom. The minimum Gasteiger partial charge on any atom is -0.501 e. The molecule has 0 bridgehead atoms. The molecular formula is C25H41NO2. The van der Waals surface area contributed by atoms with Gasteiger partial charge in [0.25, 0.3) is 0 Å². The van der Waals surface area contributed by atoms with E-state index in [0.717, 1.165) is 42.4 Å². The van der Waals surface area contributed by atoms with Crippen molar-refractivity contribution in [3.63, 3.8) is 0 Å². The van der Waals surface area contributed by atoms with Crippen LogP contribution >= 0.6 is 0 Å². The Kier molecular flexibility index (Phi) is 11.8. The van der Waals surface area contributed by atoms with E-state index in [1.165, 1.54) is 83.5 Å². The molecule has 0 saturated carbocycles. The predicted molar refractivity (Wildman–Crippen MR) is 120 cm³/mol. The summed E-state index contributed by atoms with van der Waals surface area (Å²) in [4.78, 5) is 4.54. The van der Waals surface area contributed by atoms with Gasteiger partial charge in [0.05, 0.1) is 19.4 Å². The van der Waals surface area contributed by atoms with E-state index in [4.69, 9.17) is 9.47 Å². The lowest BCUT2D eigenvalue weighted by Gasteiger charge is -2.09. The highest BCUT2D eigenvalue weighted by Crippen LogP contribution is 2.25. The van der Waals surface area contributed by atoms with Gasteiger partial charge in [-0.3, -0.25) is 0 Å². The van der Waals surface area contributed by atoms with Crippen LogP contribution in [0.3, 0.4) is 0 Å². The molecule has 3 nitrogen and oxygen atoms in total. The van der Waals surface area contributed by atoms with Crippen LogP contribution in [0.25, 0.3) is 0 Å². The van der Waals surface area contributed by atoms with Gasteiger partial charge in [0, 0.05) is 24.1 Å². The zero-order chi connectivity index (χ0) is 19.9. The number of ether oxygens (including phenoxy) is 2. The number of rotatable bonds is 17. The number of hydrogen-bond acceptors (Lipinski definition) is 3. The van der Waals surface area contributed by atoms with E-state index in [1.807, 2.05) is 12.2 Å². The van der Waals surface area contributed by atoms with E-state index in [9.17, 15) is 0 Å². The molecule has 0 aromatic heterocycles. The van der Waals surface area contributed by atoms with Gasteiger partial charge in [0.2, 0.25) is 5.88 Å². The summed E-state index contributed by atoms with van der Waals surface area (Å²) >= 11 is 0. The maximum absolute atomic E-state index is 5.83. The molecule has 0 fully saturated rings. The Labute approximate surface area is 173 Å². The van der Waals surface area contributed by atoms with Gasteiger partial charge in [-0.1, -0.05) is 96.5 Å². The first kappa shape index (κ1) is 22.8.